The van der Waals surface area contributed by atoms with Crippen LogP contribution in [0, 0.1) is 0 Å². The van der Waals surface area contributed by atoms with Gasteiger partial charge in [0.1, 0.15) is 0 Å². The van der Waals surface area contributed by atoms with Crippen molar-refractivity contribution in [1.29, 1.82) is 0 Å². The molecule has 182 valence electrons. The third-order valence-corrected chi connectivity index (χ3v) is 15.5. The molecule has 0 aliphatic heterocycles. The summed E-state index contributed by atoms with van der Waals surface area (Å²) in [6.07, 6.45) is 14.7. The molecule has 0 saturated heterocycles. The van der Waals surface area contributed by atoms with Gasteiger partial charge >= 0.3 is 197 Å². The molecule has 7 heteroatoms. The standard InChI is InChI=1S/2C11H19OSi.C3H6.2ClH.Zr/c2*1-10(12-13(2,3)4)9-11-7-5-6-8-11;1-3-2;;;/h2*5,7,10H,6,9H2,1-4H3;1-2H3;2*1H;/q;;;;;+2/p-2. The maximum Gasteiger partial charge on any atom is -1.00 e. The minimum Gasteiger partial charge on any atom is -1.00 e. The van der Waals surface area contributed by atoms with Gasteiger partial charge in [-0.3, -0.25) is 0 Å². The Balaban J connectivity index is 0.00000480. The normalized spacial score (nSPS) is 17.7. The monoisotopic (exact) mass is 592 g/mol. The van der Waals surface area contributed by atoms with E-state index in [1.54, 1.807) is 20.9 Å². The van der Waals surface area contributed by atoms with Crippen molar-refractivity contribution < 1.29 is 54.9 Å². The van der Waals surface area contributed by atoms with Crippen molar-refractivity contribution in [2.45, 2.75) is 105 Å². The number of halogens is 2. The maximum absolute atomic E-state index is 6.38. The van der Waals surface area contributed by atoms with E-state index in [2.05, 4.69) is 91.3 Å². The first-order valence-corrected chi connectivity index (χ1v) is 22.1. The molecule has 2 rings (SSSR count). The Morgan fingerprint density at radius 1 is 0.781 bits per heavy atom. The fourth-order valence-corrected chi connectivity index (χ4v) is 15.2. The van der Waals surface area contributed by atoms with E-state index in [9.17, 15) is 0 Å². The van der Waals surface area contributed by atoms with Crippen molar-refractivity contribution in [3.05, 3.63) is 42.0 Å². The predicted octanol–water partition coefficient (Wildman–Crippen LogP) is 1.51. The van der Waals surface area contributed by atoms with E-state index in [1.165, 1.54) is 0 Å². The second kappa shape index (κ2) is 13.7. The van der Waals surface area contributed by atoms with E-state index in [4.69, 9.17) is 8.85 Å². The average molecular weight is 595 g/mol. The van der Waals surface area contributed by atoms with E-state index in [0.29, 0.717) is 12.2 Å². The van der Waals surface area contributed by atoms with Crippen LogP contribution in [0.2, 0.25) is 39.3 Å². The molecule has 0 bridgehead atoms. The number of hydrogen-bond acceptors (Lipinski definition) is 2. The van der Waals surface area contributed by atoms with Crippen molar-refractivity contribution in [1.82, 2.24) is 0 Å². The van der Waals surface area contributed by atoms with Crippen molar-refractivity contribution in [3.8, 4) is 0 Å². The van der Waals surface area contributed by atoms with Crippen LogP contribution in [0.3, 0.4) is 0 Å². The molecule has 0 heterocycles. The minimum atomic E-state index is -2.01. The second-order valence-corrected chi connectivity index (χ2v) is 27.3. The molecule has 32 heavy (non-hydrogen) atoms. The Kier molecular flexibility index (Phi) is 13.9. The van der Waals surface area contributed by atoms with Crippen molar-refractivity contribution in [2.24, 2.45) is 0 Å². The van der Waals surface area contributed by atoms with Crippen LogP contribution in [-0.2, 0) is 30.1 Å². The molecule has 0 fully saturated rings. The molecule has 2 atom stereocenters. The molecule has 2 unspecified atom stereocenters. The SMILES string of the molecule is C[C](C)=[Zr+2]([C]1=C(CC(C)O[Si](C)(C)C)C=CC1)[C]1=C(CC(C)O[Si](C)(C)C)C=CC1.[Cl-].[Cl-]. The Labute approximate surface area is 220 Å². The zero-order chi connectivity index (χ0) is 22.7. The maximum atomic E-state index is 6.38. The van der Waals surface area contributed by atoms with E-state index in [0.717, 1.165) is 25.7 Å². The molecular formula is C25H44Cl2O2Si2Zr. The van der Waals surface area contributed by atoms with E-state index < -0.39 is 37.9 Å². The van der Waals surface area contributed by atoms with Crippen LogP contribution in [0.4, 0.5) is 0 Å². The molecule has 0 aromatic carbocycles. The van der Waals surface area contributed by atoms with E-state index in [-0.39, 0.29) is 24.8 Å². The van der Waals surface area contributed by atoms with Gasteiger partial charge < -0.3 is 24.8 Å². The zero-order valence-electron chi connectivity index (χ0n) is 21.9. The summed E-state index contributed by atoms with van der Waals surface area (Å²) in [6.45, 7) is 23.1. The second-order valence-electron chi connectivity index (χ2n) is 11.1. The third-order valence-electron chi connectivity index (χ3n) is 5.29. The van der Waals surface area contributed by atoms with Gasteiger partial charge in [-0.15, -0.1) is 0 Å². The summed E-state index contributed by atoms with van der Waals surface area (Å²) in [4.78, 5) is 0. The van der Waals surface area contributed by atoms with Crippen LogP contribution < -0.4 is 24.8 Å². The Hall–Kier alpha value is 0.647. The average Bonchev–Trinajstić information content (AvgIpc) is 3.14. The van der Waals surface area contributed by atoms with Gasteiger partial charge in [0, 0.05) is 0 Å². The van der Waals surface area contributed by atoms with Gasteiger partial charge in [-0.05, 0) is 0 Å². The van der Waals surface area contributed by atoms with Crippen molar-refractivity contribution in [2.75, 3.05) is 0 Å². The van der Waals surface area contributed by atoms with Crippen LogP contribution in [0.1, 0.15) is 53.4 Å². The third kappa shape index (κ3) is 10.5. The summed E-state index contributed by atoms with van der Waals surface area (Å²) in [5.41, 5.74) is 3.17. The van der Waals surface area contributed by atoms with Gasteiger partial charge in [0.25, 0.3) is 0 Å². The van der Waals surface area contributed by atoms with Crippen molar-refractivity contribution >= 4 is 19.8 Å². The van der Waals surface area contributed by atoms with Gasteiger partial charge in [0.2, 0.25) is 0 Å². The van der Waals surface area contributed by atoms with Crippen LogP contribution in [-0.4, -0.2) is 32.0 Å². The van der Waals surface area contributed by atoms with Gasteiger partial charge in [-0.2, -0.15) is 0 Å². The quantitative estimate of drug-likeness (QED) is 0.357. The fourth-order valence-electron chi connectivity index (χ4n) is 4.70. The van der Waals surface area contributed by atoms with Gasteiger partial charge in [0.15, 0.2) is 0 Å². The molecule has 2 nitrogen and oxygen atoms in total. The van der Waals surface area contributed by atoms with Gasteiger partial charge in [-0.1, -0.05) is 0 Å². The minimum absolute atomic E-state index is 0. The van der Waals surface area contributed by atoms with Gasteiger partial charge in [0.05, 0.1) is 0 Å². The van der Waals surface area contributed by atoms with Gasteiger partial charge in [-0.25, -0.2) is 0 Å². The Morgan fingerprint density at radius 3 is 1.41 bits per heavy atom. The van der Waals surface area contributed by atoms with Crippen LogP contribution in [0.15, 0.2) is 42.0 Å². The molecule has 0 aromatic heterocycles. The summed E-state index contributed by atoms with van der Waals surface area (Å²) in [5.74, 6) is 0. The van der Waals surface area contributed by atoms with Crippen LogP contribution >= 0.6 is 0 Å². The summed E-state index contributed by atoms with van der Waals surface area (Å²) in [7, 11) is -3.01. The Bertz CT molecular complexity index is 736. The molecule has 2 aliphatic carbocycles. The Morgan fingerprint density at radius 2 is 1.12 bits per heavy atom. The molecule has 0 radical (unpaired) electrons. The molecule has 2 aliphatic rings. The van der Waals surface area contributed by atoms with E-state index >= 15 is 0 Å². The number of allylic oxidation sites excluding steroid dienone is 6. The summed E-state index contributed by atoms with van der Waals surface area (Å²) >= 11 is -2.01. The largest absolute Gasteiger partial charge is 1.00 e. The molecular weight excluding hydrogens is 551 g/mol. The molecule has 0 spiro atoms. The topological polar surface area (TPSA) is 18.5 Å². The molecule has 0 N–H and O–H groups in total. The summed E-state index contributed by atoms with van der Waals surface area (Å²) in [5, 5.41) is 0. The molecule has 0 saturated carbocycles. The first kappa shape index (κ1) is 32.6. The van der Waals surface area contributed by atoms with Crippen LogP contribution in [0.25, 0.3) is 0 Å². The number of rotatable bonds is 10. The fraction of sp³-hybridized carbons (Fsp3) is 0.640. The predicted molar refractivity (Wildman–Crippen MR) is 135 cm³/mol. The zero-order valence-corrected chi connectivity index (χ0v) is 27.8. The molecule has 0 aromatic rings. The van der Waals surface area contributed by atoms with E-state index in [1.807, 2.05) is 0 Å². The molecule has 0 amide bonds. The summed E-state index contributed by atoms with van der Waals surface area (Å²) < 4.78 is 18.0. The summed E-state index contributed by atoms with van der Waals surface area (Å²) in [6, 6.07) is 0. The first-order chi connectivity index (χ1) is 13.8. The van der Waals surface area contributed by atoms with Crippen LogP contribution in [0.5, 0.6) is 0 Å². The number of hydrogen-bond donors (Lipinski definition) is 0. The first-order valence-electron chi connectivity index (χ1n) is 11.6. The smallest absolute Gasteiger partial charge is 1.00 e. The van der Waals surface area contributed by atoms with Crippen molar-refractivity contribution in [3.63, 3.8) is 0 Å².